The van der Waals surface area contributed by atoms with E-state index in [4.69, 9.17) is 5.26 Å². The largest absolute Gasteiger partial charge is 0.206 e. The first-order chi connectivity index (χ1) is 17.1. The summed E-state index contributed by atoms with van der Waals surface area (Å²) in [7, 11) is 0. The van der Waals surface area contributed by atoms with Crippen LogP contribution in [0.4, 0.5) is 8.78 Å². The minimum atomic E-state index is -0.227. The lowest BCUT2D eigenvalue weighted by Gasteiger charge is -2.10. The maximum atomic E-state index is 15.2. The number of nitriles is 1. The van der Waals surface area contributed by atoms with E-state index < -0.39 is 0 Å². The van der Waals surface area contributed by atoms with Crippen LogP contribution in [0.1, 0.15) is 61.3 Å². The summed E-state index contributed by atoms with van der Waals surface area (Å²) in [6.45, 7) is 2.20. The van der Waals surface area contributed by atoms with Crippen molar-refractivity contribution in [3.63, 3.8) is 0 Å². The summed E-state index contributed by atoms with van der Waals surface area (Å²) in [6, 6.07) is 24.2. The number of halogens is 2. The van der Waals surface area contributed by atoms with Crippen LogP contribution in [0.25, 0.3) is 21.9 Å². The Hall–Kier alpha value is -3.51. The van der Waals surface area contributed by atoms with Gasteiger partial charge in [0.25, 0.3) is 0 Å². The maximum Gasteiger partial charge on any atom is 0.134 e. The molecule has 0 bridgehead atoms. The average Bonchev–Trinajstić information content (AvgIpc) is 2.88. The number of benzene rings is 4. The van der Waals surface area contributed by atoms with Crippen molar-refractivity contribution in [1.29, 1.82) is 5.26 Å². The summed E-state index contributed by atoms with van der Waals surface area (Å²) in [6.07, 6.45) is 8.15. The van der Waals surface area contributed by atoms with Gasteiger partial charge in [0.2, 0.25) is 0 Å². The summed E-state index contributed by atoms with van der Waals surface area (Å²) in [5.41, 5.74) is 4.68. The zero-order valence-corrected chi connectivity index (χ0v) is 20.3. The molecule has 0 aliphatic heterocycles. The number of hydrogen-bond acceptors (Lipinski definition) is 1. The summed E-state index contributed by atoms with van der Waals surface area (Å²) in [4.78, 5) is 0. The average molecular weight is 468 g/mol. The van der Waals surface area contributed by atoms with Crippen LogP contribution in [-0.4, -0.2) is 0 Å². The second-order valence-corrected chi connectivity index (χ2v) is 9.26. The van der Waals surface area contributed by atoms with E-state index in [9.17, 15) is 4.39 Å². The molecule has 0 aromatic heterocycles. The van der Waals surface area contributed by atoms with Gasteiger partial charge in [-0.3, -0.25) is 0 Å². The number of nitrogens with zero attached hydrogens (tertiary/aromatic N) is 1. The van der Waals surface area contributed by atoms with E-state index in [1.807, 2.05) is 42.5 Å². The van der Waals surface area contributed by atoms with Gasteiger partial charge in [-0.15, -0.1) is 0 Å². The van der Waals surface area contributed by atoms with Gasteiger partial charge in [0.1, 0.15) is 11.6 Å². The number of aryl methyl sites for hydroxylation is 3. The molecular weight excluding hydrogens is 436 g/mol. The Morgan fingerprint density at radius 2 is 1.49 bits per heavy atom. The first kappa shape index (κ1) is 24.6. The second-order valence-electron chi connectivity index (χ2n) is 9.26. The van der Waals surface area contributed by atoms with E-state index in [2.05, 4.69) is 13.0 Å². The molecule has 0 amide bonds. The molecule has 35 heavy (non-hydrogen) atoms. The molecule has 4 rings (SSSR count). The van der Waals surface area contributed by atoms with Crippen LogP contribution in [-0.2, 0) is 19.3 Å². The Morgan fingerprint density at radius 1 is 0.714 bits per heavy atom. The molecule has 4 aromatic carbocycles. The van der Waals surface area contributed by atoms with Crippen molar-refractivity contribution in [2.45, 2.75) is 58.3 Å². The van der Waals surface area contributed by atoms with Gasteiger partial charge in [-0.25, -0.2) is 8.78 Å². The third kappa shape index (κ3) is 6.14. The monoisotopic (exact) mass is 467 g/mol. The van der Waals surface area contributed by atoms with E-state index in [-0.39, 0.29) is 11.6 Å². The van der Waals surface area contributed by atoms with Gasteiger partial charge in [-0.05, 0) is 77.6 Å². The fraction of sp³-hybridized carbons (Fsp3) is 0.281. The van der Waals surface area contributed by atoms with Crippen molar-refractivity contribution in [3.8, 4) is 17.2 Å². The SMILES string of the molecule is CCCCCCCc1ccc(-c2ccc3c(F)c(CCc4ccc(C#N)cc4)ccc3c2)c(F)c1. The molecule has 0 spiro atoms. The molecule has 178 valence electrons. The molecule has 0 saturated heterocycles. The van der Waals surface area contributed by atoms with Crippen molar-refractivity contribution < 1.29 is 8.78 Å². The first-order valence-corrected chi connectivity index (χ1v) is 12.6. The molecule has 0 saturated carbocycles. The Bertz CT molecular complexity index is 1330. The fourth-order valence-electron chi connectivity index (χ4n) is 4.60. The molecular formula is C32H31F2N. The van der Waals surface area contributed by atoms with Crippen molar-refractivity contribution >= 4 is 10.8 Å². The molecule has 0 radical (unpaired) electrons. The Kier molecular flexibility index (Phi) is 8.27. The highest BCUT2D eigenvalue weighted by atomic mass is 19.1. The fourth-order valence-corrected chi connectivity index (χ4v) is 4.60. The molecule has 0 fully saturated rings. The smallest absolute Gasteiger partial charge is 0.134 e. The number of fused-ring (bicyclic) bond motifs is 1. The molecule has 0 heterocycles. The number of hydrogen-bond donors (Lipinski definition) is 0. The molecule has 1 nitrogen and oxygen atoms in total. The Morgan fingerprint density at radius 3 is 2.23 bits per heavy atom. The van der Waals surface area contributed by atoms with E-state index in [1.54, 1.807) is 30.3 Å². The van der Waals surface area contributed by atoms with Crippen LogP contribution >= 0.6 is 0 Å². The molecule has 0 aliphatic rings. The van der Waals surface area contributed by atoms with Gasteiger partial charge >= 0.3 is 0 Å². The van der Waals surface area contributed by atoms with Crippen LogP contribution in [0.5, 0.6) is 0 Å². The molecule has 0 atom stereocenters. The number of unbranched alkanes of at least 4 members (excludes halogenated alkanes) is 4. The second kappa shape index (κ2) is 11.8. The highest BCUT2D eigenvalue weighted by molar-refractivity contribution is 5.88. The van der Waals surface area contributed by atoms with Gasteiger partial charge in [0, 0.05) is 10.9 Å². The normalized spacial score (nSPS) is 11.0. The van der Waals surface area contributed by atoms with Gasteiger partial charge in [-0.1, -0.05) is 81.1 Å². The summed E-state index contributed by atoms with van der Waals surface area (Å²) in [5, 5.41) is 10.2. The lowest BCUT2D eigenvalue weighted by atomic mass is 9.96. The topological polar surface area (TPSA) is 23.8 Å². The molecule has 0 unspecified atom stereocenters. The van der Waals surface area contributed by atoms with E-state index in [0.717, 1.165) is 34.9 Å². The van der Waals surface area contributed by atoms with Crippen molar-refractivity contribution in [2.24, 2.45) is 0 Å². The van der Waals surface area contributed by atoms with Crippen molar-refractivity contribution in [3.05, 3.63) is 107 Å². The predicted molar refractivity (Wildman–Crippen MR) is 140 cm³/mol. The van der Waals surface area contributed by atoms with Crippen LogP contribution < -0.4 is 0 Å². The highest BCUT2D eigenvalue weighted by Crippen LogP contribution is 2.30. The number of rotatable bonds is 10. The van der Waals surface area contributed by atoms with E-state index >= 15 is 4.39 Å². The Labute approximate surface area is 207 Å². The van der Waals surface area contributed by atoms with Crippen LogP contribution in [0.3, 0.4) is 0 Å². The molecule has 0 N–H and O–H groups in total. The van der Waals surface area contributed by atoms with Crippen LogP contribution in [0, 0.1) is 23.0 Å². The maximum absolute atomic E-state index is 15.2. The quantitative estimate of drug-likeness (QED) is 0.214. The van der Waals surface area contributed by atoms with Crippen LogP contribution in [0.15, 0.2) is 72.8 Å². The third-order valence-corrected chi connectivity index (χ3v) is 6.71. The third-order valence-electron chi connectivity index (χ3n) is 6.71. The van der Waals surface area contributed by atoms with Gasteiger partial charge in [0.05, 0.1) is 11.6 Å². The predicted octanol–water partition coefficient (Wildman–Crippen LogP) is 8.95. The molecule has 0 aliphatic carbocycles. The van der Waals surface area contributed by atoms with Crippen molar-refractivity contribution in [1.82, 2.24) is 0 Å². The van der Waals surface area contributed by atoms with Gasteiger partial charge in [0.15, 0.2) is 0 Å². The highest BCUT2D eigenvalue weighted by Gasteiger charge is 2.11. The van der Waals surface area contributed by atoms with E-state index in [1.165, 1.54) is 25.7 Å². The van der Waals surface area contributed by atoms with Gasteiger partial charge in [-0.2, -0.15) is 5.26 Å². The van der Waals surface area contributed by atoms with Crippen LogP contribution in [0.2, 0.25) is 0 Å². The minimum absolute atomic E-state index is 0.221. The zero-order valence-electron chi connectivity index (χ0n) is 20.3. The van der Waals surface area contributed by atoms with Crippen molar-refractivity contribution in [2.75, 3.05) is 0 Å². The standard InChI is InChI=1S/C32H31F2N/c1-2-3-4-5-6-7-24-13-18-29(31(33)20-24)27-17-19-30-28(21-27)16-15-26(32(30)34)14-12-23-8-10-25(22-35)11-9-23/h8-11,13,15-21H,2-7,12,14H2,1H3. The Balaban J connectivity index is 1.47. The molecule has 4 aromatic rings. The summed E-state index contributed by atoms with van der Waals surface area (Å²) in [5.74, 6) is -0.448. The molecule has 3 heteroatoms. The first-order valence-electron chi connectivity index (χ1n) is 12.6. The lowest BCUT2D eigenvalue weighted by molar-refractivity contribution is 0.618. The summed E-state index contributed by atoms with van der Waals surface area (Å²) < 4.78 is 30.2. The zero-order chi connectivity index (χ0) is 24.6. The summed E-state index contributed by atoms with van der Waals surface area (Å²) >= 11 is 0. The lowest BCUT2D eigenvalue weighted by Crippen LogP contribution is -1.96. The van der Waals surface area contributed by atoms with Gasteiger partial charge < -0.3 is 0 Å². The van der Waals surface area contributed by atoms with E-state index in [0.29, 0.717) is 34.9 Å². The minimum Gasteiger partial charge on any atom is -0.206 e.